The standard InChI is InChI=1S/C6H5F.C4H10O3P.CH4/c7-6-4-2-1-3-5-6;1-3-6-8(5)7-4-2;/h1-5H;3-4H2,1-2H3;1H4/q;+1;. The quantitative estimate of drug-likeness (QED) is 0.751. The summed E-state index contributed by atoms with van der Waals surface area (Å²) in [6.45, 7) is 4.42. The summed E-state index contributed by atoms with van der Waals surface area (Å²) in [5.41, 5.74) is 0. The molecule has 16 heavy (non-hydrogen) atoms. The highest BCUT2D eigenvalue weighted by Crippen LogP contribution is 2.21. The third kappa shape index (κ3) is 11.2. The second-order valence-corrected chi connectivity index (χ2v) is 3.32. The Morgan fingerprint density at radius 2 is 1.56 bits per heavy atom. The van der Waals surface area contributed by atoms with Gasteiger partial charge in [-0.1, -0.05) is 25.6 Å². The van der Waals surface area contributed by atoms with E-state index in [1.807, 2.05) is 0 Å². The molecule has 0 aliphatic rings. The van der Waals surface area contributed by atoms with Crippen LogP contribution in [0.4, 0.5) is 4.39 Å². The molecule has 0 unspecified atom stereocenters. The van der Waals surface area contributed by atoms with Crippen LogP contribution in [0.15, 0.2) is 30.3 Å². The van der Waals surface area contributed by atoms with Gasteiger partial charge in [-0.05, 0) is 26.0 Å². The van der Waals surface area contributed by atoms with E-state index in [0.29, 0.717) is 13.2 Å². The van der Waals surface area contributed by atoms with E-state index in [9.17, 15) is 8.96 Å². The Hall–Kier alpha value is -0.830. The molecular formula is C11H19FO3P+. The first-order valence-corrected chi connectivity index (χ1v) is 5.73. The molecule has 3 nitrogen and oxygen atoms in total. The molecule has 0 radical (unpaired) electrons. The van der Waals surface area contributed by atoms with Crippen molar-refractivity contribution in [3.8, 4) is 0 Å². The van der Waals surface area contributed by atoms with Gasteiger partial charge in [0, 0.05) is 4.57 Å². The van der Waals surface area contributed by atoms with Crippen molar-refractivity contribution >= 4 is 8.25 Å². The molecule has 1 aromatic rings. The van der Waals surface area contributed by atoms with E-state index >= 15 is 0 Å². The lowest BCUT2D eigenvalue weighted by molar-refractivity contribution is 0.243. The first kappa shape index (κ1) is 17.6. The molecule has 0 bridgehead atoms. The van der Waals surface area contributed by atoms with Gasteiger partial charge in [-0.3, -0.25) is 0 Å². The summed E-state index contributed by atoms with van der Waals surface area (Å²) >= 11 is 0. The second kappa shape index (κ2) is 12.2. The van der Waals surface area contributed by atoms with Gasteiger partial charge in [0.15, 0.2) is 0 Å². The van der Waals surface area contributed by atoms with Crippen LogP contribution in [-0.4, -0.2) is 13.2 Å². The van der Waals surface area contributed by atoms with Gasteiger partial charge >= 0.3 is 8.25 Å². The monoisotopic (exact) mass is 249 g/mol. The fraction of sp³-hybridized carbons (Fsp3) is 0.455. The van der Waals surface area contributed by atoms with Gasteiger partial charge < -0.3 is 0 Å². The molecule has 0 aliphatic heterocycles. The number of rotatable bonds is 4. The molecule has 0 amide bonds. The Morgan fingerprint density at radius 3 is 1.81 bits per heavy atom. The van der Waals surface area contributed by atoms with Crippen molar-refractivity contribution in [1.82, 2.24) is 0 Å². The number of hydrogen-bond donors (Lipinski definition) is 0. The highest BCUT2D eigenvalue weighted by molar-refractivity contribution is 7.33. The van der Waals surface area contributed by atoms with Crippen LogP contribution in [0.25, 0.3) is 0 Å². The summed E-state index contributed by atoms with van der Waals surface area (Å²) in [6.07, 6.45) is 0. The van der Waals surface area contributed by atoms with Crippen molar-refractivity contribution in [3.05, 3.63) is 36.1 Å². The molecule has 0 spiro atoms. The Bertz CT molecular complexity index is 259. The number of hydrogen-bond acceptors (Lipinski definition) is 3. The van der Waals surface area contributed by atoms with Crippen LogP contribution in [0.3, 0.4) is 0 Å². The van der Waals surface area contributed by atoms with E-state index < -0.39 is 8.25 Å². The third-order valence-electron chi connectivity index (χ3n) is 1.20. The van der Waals surface area contributed by atoms with Crippen LogP contribution in [0, 0.1) is 5.82 Å². The summed E-state index contributed by atoms with van der Waals surface area (Å²) in [5.74, 6) is -0.178. The van der Waals surface area contributed by atoms with Crippen molar-refractivity contribution in [2.24, 2.45) is 0 Å². The predicted octanol–water partition coefficient (Wildman–Crippen LogP) is 4.18. The van der Waals surface area contributed by atoms with E-state index in [1.54, 1.807) is 32.0 Å². The highest BCUT2D eigenvalue weighted by atomic mass is 31.1. The molecule has 0 saturated heterocycles. The summed E-state index contributed by atoms with van der Waals surface area (Å²) in [4.78, 5) is 0. The Kier molecular flexibility index (Phi) is 13.4. The van der Waals surface area contributed by atoms with E-state index in [-0.39, 0.29) is 13.2 Å². The van der Waals surface area contributed by atoms with E-state index in [4.69, 9.17) is 0 Å². The lowest BCUT2D eigenvalue weighted by Gasteiger charge is -1.78. The molecule has 0 atom stereocenters. The molecular weight excluding hydrogens is 230 g/mol. The van der Waals surface area contributed by atoms with Crippen molar-refractivity contribution in [1.29, 1.82) is 0 Å². The van der Waals surface area contributed by atoms with Crippen molar-refractivity contribution in [3.63, 3.8) is 0 Å². The minimum Gasteiger partial charge on any atom is -0.207 e. The maximum Gasteiger partial charge on any atom is 0.697 e. The van der Waals surface area contributed by atoms with Crippen LogP contribution in [0.2, 0.25) is 0 Å². The number of benzene rings is 1. The van der Waals surface area contributed by atoms with Gasteiger partial charge in [0.1, 0.15) is 19.0 Å². The molecule has 1 rings (SSSR count). The van der Waals surface area contributed by atoms with Crippen LogP contribution >= 0.6 is 8.25 Å². The topological polar surface area (TPSA) is 35.5 Å². The summed E-state index contributed by atoms with van der Waals surface area (Å²) < 4.78 is 31.4. The van der Waals surface area contributed by atoms with E-state index in [2.05, 4.69) is 9.05 Å². The lowest BCUT2D eigenvalue weighted by atomic mass is 10.4. The first-order chi connectivity index (χ1) is 7.20. The maximum atomic E-state index is 11.9. The fourth-order valence-electron chi connectivity index (χ4n) is 0.663. The Morgan fingerprint density at radius 1 is 1.12 bits per heavy atom. The molecule has 0 saturated carbocycles. The van der Waals surface area contributed by atoms with Gasteiger partial charge in [-0.15, -0.1) is 9.05 Å². The molecule has 0 heterocycles. The van der Waals surface area contributed by atoms with Gasteiger partial charge in [-0.2, -0.15) is 0 Å². The average Bonchev–Trinajstić information content (AvgIpc) is 2.20. The molecule has 0 N–H and O–H groups in total. The zero-order chi connectivity index (χ0) is 11.5. The molecule has 0 aromatic heterocycles. The largest absolute Gasteiger partial charge is 0.697 e. The van der Waals surface area contributed by atoms with Crippen molar-refractivity contribution in [2.75, 3.05) is 13.2 Å². The van der Waals surface area contributed by atoms with Gasteiger partial charge in [0.05, 0.1) is 0 Å². The van der Waals surface area contributed by atoms with Crippen LogP contribution in [0.1, 0.15) is 21.3 Å². The molecule has 0 aliphatic carbocycles. The summed E-state index contributed by atoms with van der Waals surface area (Å²) in [5, 5.41) is 0. The smallest absolute Gasteiger partial charge is 0.207 e. The molecule has 92 valence electrons. The number of halogens is 1. The average molecular weight is 249 g/mol. The molecule has 1 aromatic carbocycles. The van der Waals surface area contributed by atoms with E-state index in [0.717, 1.165) is 0 Å². The Labute approximate surface area is 97.5 Å². The zero-order valence-electron chi connectivity index (χ0n) is 8.85. The highest BCUT2D eigenvalue weighted by Gasteiger charge is 2.15. The van der Waals surface area contributed by atoms with Crippen LogP contribution < -0.4 is 0 Å². The minimum atomic E-state index is -1.83. The van der Waals surface area contributed by atoms with Gasteiger partial charge in [0.2, 0.25) is 0 Å². The van der Waals surface area contributed by atoms with Gasteiger partial charge in [0.25, 0.3) is 0 Å². The van der Waals surface area contributed by atoms with E-state index in [1.165, 1.54) is 12.1 Å². The first-order valence-electron chi connectivity index (χ1n) is 4.64. The van der Waals surface area contributed by atoms with Crippen molar-refractivity contribution < 1.29 is 18.0 Å². The SMILES string of the molecule is C.CCO[P+](=O)OCC.Fc1ccccc1. The molecule has 5 heteroatoms. The molecule has 0 fully saturated rings. The second-order valence-electron chi connectivity index (χ2n) is 2.35. The summed E-state index contributed by atoms with van der Waals surface area (Å²) in [6, 6.07) is 7.94. The predicted molar refractivity (Wildman–Crippen MR) is 64.0 cm³/mol. The lowest BCUT2D eigenvalue weighted by Crippen LogP contribution is -1.81. The normalized spacial score (nSPS) is 8.44. The van der Waals surface area contributed by atoms with Gasteiger partial charge in [-0.25, -0.2) is 4.39 Å². The summed E-state index contributed by atoms with van der Waals surface area (Å²) in [7, 11) is -1.83. The Balaban J connectivity index is 0. The van der Waals surface area contributed by atoms with Crippen molar-refractivity contribution in [2.45, 2.75) is 21.3 Å². The van der Waals surface area contributed by atoms with Crippen LogP contribution in [-0.2, 0) is 13.6 Å². The minimum absolute atomic E-state index is 0. The third-order valence-corrected chi connectivity index (χ3v) is 2.14. The zero-order valence-corrected chi connectivity index (χ0v) is 9.75. The van der Waals surface area contributed by atoms with Crippen LogP contribution in [0.5, 0.6) is 0 Å². The fourth-order valence-corrected chi connectivity index (χ4v) is 1.16. The maximum absolute atomic E-state index is 11.9.